The number of nitrogens with one attached hydrogen (secondary N) is 1. The first-order chi connectivity index (χ1) is 9.43. The Morgan fingerprint density at radius 2 is 1.95 bits per heavy atom. The summed E-state index contributed by atoms with van der Waals surface area (Å²) in [5, 5.41) is 0. The highest BCUT2D eigenvalue weighted by Gasteiger charge is 2.29. The van der Waals surface area contributed by atoms with Crippen LogP contribution < -0.4 is 0 Å². The zero-order valence-electron chi connectivity index (χ0n) is 12.0. The lowest BCUT2D eigenvalue weighted by Gasteiger charge is -2.34. The molecule has 1 aliphatic heterocycles. The van der Waals surface area contributed by atoms with Crippen LogP contribution in [0.2, 0.25) is 0 Å². The van der Waals surface area contributed by atoms with Crippen LogP contribution in [0.4, 0.5) is 0 Å². The van der Waals surface area contributed by atoms with Gasteiger partial charge in [-0.25, -0.2) is 8.42 Å². The zero-order chi connectivity index (χ0) is 14.8. The van der Waals surface area contributed by atoms with Gasteiger partial charge in [-0.3, -0.25) is 0 Å². The lowest BCUT2D eigenvalue weighted by atomic mass is 10.2. The Labute approximate surface area is 126 Å². The first-order valence-electron chi connectivity index (χ1n) is 6.89. The maximum Gasteiger partial charge on any atom is 0.244 e. The molecule has 1 saturated heterocycles. The molecule has 0 aromatic carbocycles. The quantitative estimate of drug-likeness (QED) is 0.841. The molecule has 1 fully saturated rings. The number of nitrogens with zero attached hydrogens (tertiary/aromatic N) is 2. The highest BCUT2D eigenvalue weighted by atomic mass is 35.5. The summed E-state index contributed by atoms with van der Waals surface area (Å²) in [6.45, 7) is 8.07. The van der Waals surface area contributed by atoms with E-state index in [9.17, 15) is 8.42 Å². The van der Waals surface area contributed by atoms with Crippen LogP contribution in [0.15, 0.2) is 17.2 Å². The smallest absolute Gasteiger partial charge is 0.244 e. The molecule has 1 aromatic heterocycles. The van der Waals surface area contributed by atoms with E-state index in [0.717, 1.165) is 25.3 Å². The van der Waals surface area contributed by atoms with Gasteiger partial charge in [0.05, 0.1) is 10.8 Å². The molecule has 0 amide bonds. The number of rotatable bonds is 5. The molecule has 0 aliphatic carbocycles. The molecule has 0 unspecified atom stereocenters. The molecule has 2 heterocycles. The van der Waals surface area contributed by atoms with Gasteiger partial charge in [0.1, 0.15) is 0 Å². The molecule has 0 radical (unpaired) electrons. The predicted molar refractivity (Wildman–Crippen MR) is 80.4 cm³/mol. The maximum absolute atomic E-state index is 12.5. The number of halogens is 1. The Hall–Kier alpha value is -0.560. The normalized spacial score (nSPS) is 18.8. The molecule has 114 valence electrons. The first-order valence-corrected chi connectivity index (χ1v) is 8.86. The van der Waals surface area contributed by atoms with Crippen LogP contribution in [-0.2, 0) is 15.9 Å². The van der Waals surface area contributed by atoms with Crippen molar-refractivity contribution in [3.05, 3.63) is 18.0 Å². The van der Waals surface area contributed by atoms with Gasteiger partial charge in [-0.1, -0.05) is 13.8 Å². The fourth-order valence-electron chi connectivity index (χ4n) is 2.46. The molecule has 7 heteroatoms. The molecule has 1 N–H and O–H groups in total. The molecular formula is C13H22ClN3O2S. The van der Waals surface area contributed by atoms with Crippen molar-refractivity contribution in [3.63, 3.8) is 0 Å². The number of aromatic nitrogens is 1. The van der Waals surface area contributed by atoms with Crippen LogP contribution in [0, 0.1) is 5.92 Å². The van der Waals surface area contributed by atoms with Crippen LogP contribution in [0.25, 0.3) is 0 Å². The maximum atomic E-state index is 12.5. The van der Waals surface area contributed by atoms with Gasteiger partial charge in [0.2, 0.25) is 10.0 Å². The Bertz CT molecular complexity index is 534. The number of alkyl halides is 1. The van der Waals surface area contributed by atoms with Crippen molar-refractivity contribution in [1.29, 1.82) is 0 Å². The SMILES string of the molecule is CC(C)CN1CCN(S(=O)(=O)c2c[nH]c(CCl)c2)CC1. The highest BCUT2D eigenvalue weighted by Crippen LogP contribution is 2.19. The summed E-state index contributed by atoms with van der Waals surface area (Å²) < 4.78 is 26.5. The minimum absolute atomic E-state index is 0.289. The Morgan fingerprint density at radius 1 is 1.30 bits per heavy atom. The summed E-state index contributed by atoms with van der Waals surface area (Å²) in [7, 11) is -3.39. The second kappa shape index (κ2) is 6.47. The van der Waals surface area contributed by atoms with E-state index < -0.39 is 10.0 Å². The van der Waals surface area contributed by atoms with E-state index >= 15 is 0 Å². The molecule has 0 atom stereocenters. The standard InChI is InChI=1S/C13H22ClN3O2S/c1-11(2)10-16-3-5-17(6-4-16)20(18,19)13-7-12(8-14)15-9-13/h7,9,11,15H,3-6,8,10H2,1-2H3. The third-order valence-corrected chi connectivity index (χ3v) is 5.62. The third-order valence-electron chi connectivity index (χ3n) is 3.45. The average molecular weight is 320 g/mol. The van der Waals surface area contributed by atoms with Crippen molar-refractivity contribution in [2.75, 3.05) is 32.7 Å². The Balaban J connectivity index is 2.02. The predicted octanol–water partition coefficient (Wildman–Crippen LogP) is 1.72. The number of hydrogen-bond acceptors (Lipinski definition) is 3. The van der Waals surface area contributed by atoms with Crippen molar-refractivity contribution in [3.8, 4) is 0 Å². The van der Waals surface area contributed by atoms with Gasteiger partial charge >= 0.3 is 0 Å². The summed E-state index contributed by atoms with van der Waals surface area (Å²) in [5.41, 5.74) is 0.726. The van der Waals surface area contributed by atoms with E-state index in [-0.39, 0.29) is 5.88 Å². The largest absolute Gasteiger partial charge is 0.363 e. The molecule has 1 aromatic rings. The Kier molecular flexibility index (Phi) is 5.12. The summed E-state index contributed by atoms with van der Waals surface area (Å²) >= 11 is 5.70. The number of hydrogen-bond donors (Lipinski definition) is 1. The van der Waals surface area contributed by atoms with Crippen LogP contribution in [0.5, 0.6) is 0 Å². The van der Waals surface area contributed by atoms with Gasteiger partial charge in [0, 0.05) is 44.6 Å². The van der Waals surface area contributed by atoms with Crippen molar-refractivity contribution in [1.82, 2.24) is 14.2 Å². The molecule has 20 heavy (non-hydrogen) atoms. The second-order valence-electron chi connectivity index (χ2n) is 5.59. The van der Waals surface area contributed by atoms with Crippen LogP contribution in [0.3, 0.4) is 0 Å². The lowest BCUT2D eigenvalue weighted by Crippen LogP contribution is -2.49. The van der Waals surface area contributed by atoms with Crippen LogP contribution in [-0.4, -0.2) is 55.3 Å². The average Bonchev–Trinajstić information content (AvgIpc) is 2.88. The molecule has 1 aliphatic rings. The van der Waals surface area contributed by atoms with E-state index in [1.54, 1.807) is 10.4 Å². The highest BCUT2D eigenvalue weighted by molar-refractivity contribution is 7.89. The molecule has 0 saturated carbocycles. The topological polar surface area (TPSA) is 56.4 Å². The van der Waals surface area contributed by atoms with Gasteiger partial charge in [-0.2, -0.15) is 4.31 Å². The van der Waals surface area contributed by atoms with Crippen molar-refractivity contribution in [2.24, 2.45) is 5.92 Å². The number of sulfonamides is 1. The monoisotopic (exact) mass is 319 g/mol. The molecular weight excluding hydrogens is 298 g/mol. The minimum atomic E-state index is -3.39. The summed E-state index contributed by atoms with van der Waals surface area (Å²) in [5.74, 6) is 0.895. The van der Waals surface area contributed by atoms with Gasteiger partial charge in [0.15, 0.2) is 0 Å². The van der Waals surface area contributed by atoms with Crippen molar-refractivity contribution < 1.29 is 8.42 Å². The van der Waals surface area contributed by atoms with Crippen LogP contribution in [0.1, 0.15) is 19.5 Å². The lowest BCUT2D eigenvalue weighted by molar-refractivity contribution is 0.172. The fraction of sp³-hybridized carbons (Fsp3) is 0.692. The molecule has 0 spiro atoms. The van der Waals surface area contributed by atoms with E-state index in [1.165, 1.54) is 6.20 Å². The number of piperazine rings is 1. The van der Waals surface area contributed by atoms with E-state index in [1.807, 2.05) is 0 Å². The van der Waals surface area contributed by atoms with E-state index in [0.29, 0.717) is 23.9 Å². The molecule has 0 bridgehead atoms. The van der Waals surface area contributed by atoms with Gasteiger partial charge in [0.25, 0.3) is 0 Å². The minimum Gasteiger partial charge on any atom is -0.363 e. The van der Waals surface area contributed by atoms with Crippen molar-refractivity contribution >= 4 is 21.6 Å². The second-order valence-corrected chi connectivity index (χ2v) is 7.80. The summed E-state index contributed by atoms with van der Waals surface area (Å²) in [6.07, 6.45) is 1.52. The zero-order valence-corrected chi connectivity index (χ0v) is 13.5. The number of H-pyrrole nitrogens is 1. The van der Waals surface area contributed by atoms with Crippen LogP contribution >= 0.6 is 11.6 Å². The summed E-state index contributed by atoms with van der Waals surface area (Å²) in [6, 6.07) is 1.61. The number of aromatic amines is 1. The van der Waals surface area contributed by atoms with Gasteiger partial charge in [-0.15, -0.1) is 11.6 Å². The first kappa shape index (κ1) is 15.8. The van der Waals surface area contributed by atoms with E-state index in [2.05, 4.69) is 23.7 Å². The molecule has 2 rings (SSSR count). The van der Waals surface area contributed by atoms with Crippen molar-refractivity contribution in [2.45, 2.75) is 24.6 Å². The molecule has 5 nitrogen and oxygen atoms in total. The van der Waals surface area contributed by atoms with E-state index in [4.69, 9.17) is 11.6 Å². The van der Waals surface area contributed by atoms with Gasteiger partial charge < -0.3 is 9.88 Å². The Morgan fingerprint density at radius 3 is 2.45 bits per heavy atom. The third kappa shape index (κ3) is 3.55. The van der Waals surface area contributed by atoms with Gasteiger partial charge in [-0.05, 0) is 12.0 Å². The fourth-order valence-corrected chi connectivity index (χ4v) is 4.06. The summed E-state index contributed by atoms with van der Waals surface area (Å²) in [4.78, 5) is 5.52.